The fourth-order valence-electron chi connectivity index (χ4n) is 4.86. The summed E-state index contributed by atoms with van der Waals surface area (Å²) in [7, 11) is 4.52. The third-order valence-corrected chi connectivity index (χ3v) is 7.72. The van der Waals surface area contributed by atoms with Crippen molar-refractivity contribution in [1.29, 1.82) is 0 Å². The molecule has 1 aromatic heterocycles. The van der Waals surface area contributed by atoms with Crippen LogP contribution in [-0.4, -0.2) is 73.4 Å². The first-order valence-electron chi connectivity index (χ1n) is 16.5. The molecule has 1 heterocycles. The van der Waals surface area contributed by atoms with Gasteiger partial charge < -0.3 is 50.7 Å². The molecule has 0 bridgehead atoms. The number of aromatic nitrogens is 2. The molecule has 0 saturated heterocycles. The molecule has 0 aliphatic rings. The molecule has 16 heteroatoms. The summed E-state index contributed by atoms with van der Waals surface area (Å²) >= 11 is 0. The number of esters is 1. The maximum Gasteiger partial charge on any atom is 0.408 e. The minimum absolute atomic E-state index is 0.00257. The molecule has 0 fully saturated rings. The molecule has 280 valence electrons. The normalized spacial score (nSPS) is 12.2. The number of alkyl carbamates (subject to hydrolysis) is 1. The monoisotopic (exact) mass is 729 g/mol. The molecule has 3 aromatic carbocycles. The summed E-state index contributed by atoms with van der Waals surface area (Å²) in [6.45, 7) is 2.82. The molecule has 0 radical (unpaired) electrons. The molecule has 3 amide bonds. The van der Waals surface area contributed by atoms with Crippen LogP contribution in [-0.2, 0) is 43.5 Å². The number of carbonyl (C=O) groups is 4. The van der Waals surface area contributed by atoms with Crippen LogP contribution in [0.25, 0.3) is 0 Å². The van der Waals surface area contributed by atoms with Crippen molar-refractivity contribution < 1.29 is 42.9 Å². The van der Waals surface area contributed by atoms with Gasteiger partial charge in [-0.2, -0.15) is 4.98 Å². The number of ether oxygens (including phenoxy) is 5. The van der Waals surface area contributed by atoms with Gasteiger partial charge >= 0.3 is 12.1 Å². The van der Waals surface area contributed by atoms with E-state index in [1.807, 2.05) is 12.1 Å². The number of carbonyl (C=O) groups excluding carboxylic acids is 4. The van der Waals surface area contributed by atoms with Crippen LogP contribution in [0.4, 0.5) is 16.6 Å². The maximum atomic E-state index is 13.5. The second-order valence-electron chi connectivity index (χ2n) is 11.7. The van der Waals surface area contributed by atoms with Crippen molar-refractivity contribution in [2.75, 3.05) is 32.4 Å². The van der Waals surface area contributed by atoms with Crippen molar-refractivity contribution in [2.45, 2.75) is 51.7 Å². The molecule has 53 heavy (non-hydrogen) atoms. The molecule has 0 aliphatic heterocycles. The Morgan fingerprint density at radius 2 is 1.30 bits per heavy atom. The summed E-state index contributed by atoms with van der Waals surface area (Å²) in [5.74, 6) is -0.993. The largest absolute Gasteiger partial charge is 0.493 e. The van der Waals surface area contributed by atoms with Gasteiger partial charge in [0.2, 0.25) is 17.6 Å². The number of amides is 3. The third kappa shape index (κ3) is 11.5. The summed E-state index contributed by atoms with van der Waals surface area (Å²) in [5.41, 5.74) is 9.12. The Morgan fingerprint density at radius 3 is 1.85 bits per heavy atom. The Kier molecular flexibility index (Phi) is 14.2. The van der Waals surface area contributed by atoms with Gasteiger partial charge in [0.25, 0.3) is 5.91 Å². The SMILES string of the molecule is COc1cc(Cc2cnc(N[C@@H](NC(=O)[C@H](C)NC(=O)OCc3ccccc3)C(=O)N[C@@H](C)C(=O)OCc3ccccc3)nc2N)cc(OC)c1OC. The van der Waals surface area contributed by atoms with Crippen LogP contribution in [0.3, 0.4) is 0 Å². The van der Waals surface area contributed by atoms with E-state index < -0.39 is 42.1 Å². The van der Waals surface area contributed by atoms with E-state index in [-0.39, 0.29) is 31.4 Å². The second-order valence-corrected chi connectivity index (χ2v) is 11.7. The molecule has 0 unspecified atom stereocenters. The first kappa shape index (κ1) is 39.2. The van der Waals surface area contributed by atoms with Gasteiger partial charge in [-0.05, 0) is 42.7 Å². The molecule has 4 aromatic rings. The van der Waals surface area contributed by atoms with Crippen LogP contribution in [0.1, 0.15) is 36.1 Å². The van der Waals surface area contributed by atoms with Crippen LogP contribution < -0.4 is 41.2 Å². The molecule has 16 nitrogen and oxygen atoms in total. The molecule has 4 rings (SSSR count). The highest BCUT2D eigenvalue weighted by molar-refractivity contribution is 5.93. The van der Waals surface area contributed by atoms with E-state index in [4.69, 9.17) is 29.4 Å². The highest BCUT2D eigenvalue weighted by atomic mass is 16.6. The predicted octanol–water partition coefficient (Wildman–Crippen LogP) is 3.09. The topological polar surface area (TPSA) is 214 Å². The van der Waals surface area contributed by atoms with E-state index in [0.717, 1.165) is 16.7 Å². The van der Waals surface area contributed by atoms with Gasteiger partial charge in [-0.3, -0.25) is 9.59 Å². The zero-order valence-corrected chi connectivity index (χ0v) is 30.0. The lowest BCUT2D eigenvalue weighted by molar-refractivity contribution is -0.148. The van der Waals surface area contributed by atoms with Gasteiger partial charge in [-0.15, -0.1) is 0 Å². The zero-order valence-electron chi connectivity index (χ0n) is 30.0. The zero-order chi connectivity index (χ0) is 38.3. The second kappa shape index (κ2) is 19.1. The van der Waals surface area contributed by atoms with Crippen molar-refractivity contribution >= 4 is 35.6 Å². The van der Waals surface area contributed by atoms with E-state index in [1.54, 1.807) is 60.7 Å². The Labute approximate surface area is 306 Å². The minimum atomic E-state index is -1.53. The van der Waals surface area contributed by atoms with Crippen molar-refractivity contribution in [1.82, 2.24) is 25.9 Å². The van der Waals surface area contributed by atoms with Crippen molar-refractivity contribution in [2.24, 2.45) is 0 Å². The Morgan fingerprint density at radius 1 is 0.717 bits per heavy atom. The van der Waals surface area contributed by atoms with Gasteiger partial charge in [0.1, 0.15) is 31.1 Å². The number of hydrogen-bond acceptors (Lipinski definition) is 13. The van der Waals surface area contributed by atoms with Gasteiger partial charge in [-0.1, -0.05) is 60.7 Å². The number of hydrogen-bond donors (Lipinski definition) is 5. The van der Waals surface area contributed by atoms with E-state index in [9.17, 15) is 19.2 Å². The average Bonchev–Trinajstić information content (AvgIpc) is 3.17. The highest BCUT2D eigenvalue weighted by Crippen LogP contribution is 2.38. The Balaban J connectivity index is 1.47. The lowest BCUT2D eigenvalue weighted by Crippen LogP contribution is -2.57. The predicted molar refractivity (Wildman–Crippen MR) is 194 cm³/mol. The van der Waals surface area contributed by atoms with E-state index in [2.05, 4.69) is 31.2 Å². The number of anilines is 2. The van der Waals surface area contributed by atoms with Crippen molar-refractivity contribution in [3.05, 3.63) is 101 Å². The standard InChI is InChI=1S/C37H43N7O9/c1-22(41-37(48)53-21-25-14-10-7-11-15-25)33(45)43-32(34(46)40-23(2)35(47)52-20-24-12-8-6-9-13-24)44-36-39-19-27(31(38)42-36)16-26-17-28(49-3)30(51-5)29(18-26)50-4/h6-15,17-19,22-23,32H,16,20-21H2,1-5H3,(H,40,46)(H,41,48)(H,43,45)(H3,38,39,42,44)/t22-,23-,32+/m0/s1. The Hall–Kier alpha value is -6.58. The fourth-order valence-corrected chi connectivity index (χ4v) is 4.86. The molecule has 0 spiro atoms. The number of rotatable bonds is 17. The van der Waals surface area contributed by atoms with Crippen LogP contribution >= 0.6 is 0 Å². The number of nitrogen functional groups attached to an aromatic ring is 1. The van der Waals surface area contributed by atoms with E-state index in [1.165, 1.54) is 41.4 Å². The number of methoxy groups -OCH3 is 3. The van der Waals surface area contributed by atoms with Gasteiger partial charge in [0.15, 0.2) is 17.7 Å². The number of nitrogens with zero attached hydrogens (tertiary/aromatic N) is 2. The van der Waals surface area contributed by atoms with E-state index in [0.29, 0.717) is 22.8 Å². The summed E-state index contributed by atoms with van der Waals surface area (Å²) in [6, 6.07) is 19.3. The molecule has 6 N–H and O–H groups in total. The summed E-state index contributed by atoms with van der Waals surface area (Å²) < 4.78 is 26.8. The first-order valence-corrected chi connectivity index (χ1v) is 16.5. The lowest BCUT2D eigenvalue weighted by atomic mass is 10.1. The van der Waals surface area contributed by atoms with Crippen molar-refractivity contribution in [3.8, 4) is 17.2 Å². The van der Waals surface area contributed by atoms with Crippen LogP contribution in [0, 0.1) is 0 Å². The van der Waals surface area contributed by atoms with Crippen LogP contribution in [0.2, 0.25) is 0 Å². The molecule has 0 aliphatic carbocycles. The van der Waals surface area contributed by atoms with E-state index >= 15 is 0 Å². The summed E-state index contributed by atoms with van der Waals surface area (Å²) in [6.07, 6.45) is -0.632. The summed E-state index contributed by atoms with van der Waals surface area (Å²) in [5, 5.41) is 10.2. The highest BCUT2D eigenvalue weighted by Gasteiger charge is 2.28. The van der Waals surface area contributed by atoms with Gasteiger partial charge in [0.05, 0.1) is 21.3 Å². The first-order chi connectivity index (χ1) is 25.5. The summed E-state index contributed by atoms with van der Waals surface area (Å²) in [4.78, 5) is 60.5. The molecule has 3 atom stereocenters. The smallest absolute Gasteiger partial charge is 0.408 e. The molecule has 0 saturated carbocycles. The quantitative estimate of drug-likeness (QED) is 0.0782. The van der Waals surface area contributed by atoms with Crippen molar-refractivity contribution in [3.63, 3.8) is 0 Å². The van der Waals surface area contributed by atoms with Crippen LogP contribution in [0.5, 0.6) is 17.2 Å². The molecular formula is C37H43N7O9. The average molecular weight is 730 g/mol. The third-order valence-electron chi connectivity index (χ3n) is 7.72. The van der Waals surface area contributed by atoms with Crippen LogP contribution in [0.15, 0.2) is 79.0 Å². The number of nitrogens with two attached hydrogens (primary N) is 1. The molecular weight excluding hydrogens is 686 g/mol. The lowest BCUT2D eigenvalue weighted by Gasteiger charge is -2.23. The minimum Gasteiger partial charge on any atom is -0.493 e. The number of benzene rings is 3. The van der Waals surface area contributed by atoms with Gasteiger partial charge in [0, 0.05) is 18.2 Å². The maximum absolute atomic E-state index is 13.5. The Bertz CT molecular complexity index is 1840. The number of nitrogens with one attached hydrogen (secondary N) is 4. The fraction of sp³-hybridized carbons (Fsp3) is 0.297. The van der Waals surface area contributed by atoms with Gasteiger partial charge in [-0.25, -0.2) is 14.6 Å².